The van der Waals surface area contributed by atoms with Gasteiger partial charge in [0.1, 0.15) is 0 Å². The molecule has 1 aliphatic heterocycles. The SMILES string of the molecule is CNCc1cccc(S(=O)(=O)NCC2(C)CCCS2)c1C. The maximum atomic E-state index is 12.6. The average Bonchev–Trinajstić information content (AvgIpc) is 2.87. The summed E-state index contributed by atoms with van der Waals surface area (Å²) in [5.74, 6) is 1.12. The zero-order valence-corrected chi connectivity index (χ0v) is 14.5. The first kappa shape index (κ1) is 16.8. The first-order valence-electron chi connectivity index (χ1n) is 7.25. The van der Waals surface area contributed by atoms with Gasteiger partial charge in [0.2, 0.25) is 10.0 Å². The highest BCUT2D eigenvalue weighted by atomic mass is 32.2. The van der Waals surface area contributed by atoms with Gasteiger partial charge in [-0.1, -0.05) is 12.1 Å². The molecule has 1 aliphatic rings. The van der Waals surface area contributed by atoms with Gasteiger partial charge in [0.15, 0.2) is 0 Å². The minimum Gasteiger partial charge on any atom is -0.316 e. The molecule has 0 aromatic heterocycles. The van der Waals surface area contributed by atoms with Gasteiger partial charge in [-0.25, -0.2) is 13.1 Å². The Morgan fingerprint density at radius 1 is 1.38 bits per heavy atom. The Bertz CT molecular complexity index is 594. The van der Waals surface area contributed by atoms with Crippen LogP contribution in [0.25, 0.3) is 0 Å². The van der Waals surface area contributed by atoms with Crippen LogP contribution in [0.2, 0.25) is 0 Å². The molecular formula is C15H24N2O2S2. The van der Waals surface area contributed by atoms with Crippen LogP contribution in [0.1, 0.15) is 30.9 Å². The third kappa shape index (κ3) is 4.00. The lowest BCUT2D eigenvalue weighted by atomic mass is 10.1. The first-order valence-corrected chi connectivity index (χ1v) is 9.71. The Balaban J connectivity index is 2.17. The molecule has 1 saturated heterocycles. The van der Waals surface area contributed by atoms with Crippen LogP contribution in [-0.2, 0) is 16.6 Å². The van der Waals surface area contributed by atoms with Gasteiger partial charge < -0.3 is 5.32 Å². The molecule has 118 valence electrons. The van der Waals surface area contributed by atoms with Crippen molar-refractivity contribution >= 4 is 21.8 Å². The molecule has 1 aromatic carbocycles. The summed E-state index contributed by atoms with van der Waals surface area (Å²) < 4.78 is 28.0. The molecule has 1 aromatic rings. The third-order valence-electron chi connectivity index (χ3n) is 3.99. The van der Waals surface area contributed by atoms with Crippen LogP contribution in [0.15, 0.2) is 23.1 Å². The van der Waals surface area contributed by atoms with Gasteiger partial charge in [-0.05, 0) is 56.7 Å². The Kier molecular flexibility index (Phi) is 5.35. The molecule has 2 N–H and O–H groups in total. The fourth-order valence-corrected chi connectivity index (χ4v) is 5.43. The van der Waals surface area contributed by atoms with E-state index in [1.54, 1.807) is 12.1 Å². The molecule has 1 heterocycles. The second-order valence-electron chi connectivity index (χ2n) is 5.80. The van der Waals surface area contributed by atoms with Crippen molar-refractivity contribution in [3.8, 4) is 0 Å². The van der Waals surface area contributed by atoms with E-state index < -0.39 is 10.0 Å². The standard InChI is InChI=1S/C15H24N2O2S2/c1-12-13(10-16-3)6-4-7-14(12)21(18,19)17-11-15(2)8-5-9-20-15/h4,6-7,16-17H,5,8-11H2,1-3H3. The highest BCUT2D eigenvalue weighted by Gasteiger charge is 2.31. The Morgan fingerprint density at radius 3 is 2.76 bits per heavy atom. The number of hydrogen-bond donors (Lipinski definition) is 2. The molecule has 0 aliphatic carbocycles. The fraction of sp³-hybridized carbons (Fsp3) is 0.600. The summed E-state index contributed by atoms with van der Waals surface area (Å²) in [6.45, 7) is 5.17. The number of rotatable bonds is 6. The van der Waals surface area contributed by atoms with Crippen molar-refractivity contribution in [3.63, 3.8) is 0 Å². The molecule has 1 unspecified atom stereocenters. The van der Waals surface area contributed by atoms with Crippen LogP contribution in [0, 0.1) is 6.92 Å². The lowest BCUT2D eigenvalue weighted by Crippen LogP contribution is -2.37. The number of hydrogen-bond acceptors (Lipinski definition) is 4. The summed E-state index contributed by atoms with van der Waals surface area (Å²) in [5.41, 5.74) is 1.84. The van der Waals surface area contributed by atoms with Crippen molar-refractivity contribution in [2.24, 2.45) is 0 Å². The van der Waals surface area contributed by atoms with Gasteiger partial charge in [0.05, 0.1) is 4.90 Å². The summed E-state index contributed by atoms with van der Waals surface area (Å²) in [4.78, 5) is 0.391. The van der Waals surface area contributed by atoms with E-state index in [-0.39, 0.29) is 4.75 Å². The number of sulfonamides is 1. The molecule has 0 saturated carbocycles. The van der Waals surface area contributed by atoms with E-state index in [1.807, 2.05) is 31.8 Å². The van der Waals surface area contributed by atoms with E-state index >= 15 is 0 Å². The second kappa shape index (κ2) is 6.69. The zero-order chi connectivity index (χ0) is 15.5. The Hall–Kier alpha value is -0.560. The highest BCUT2D eigenvalue weighted by molar-refractivity contribution is 8.01. The Morgan fingerprint density at radius 2 is 2.14 bits per heavy atom. The fourth-order valence-electron chi connectivity index (χ4n) is 2.63. The molecule has 2 rings (SSSR count). The number of nitrogens with one attached hydrogen (secondary N) is 2. The smallest absolute Gasteiger partial charge is 0.240 e. The predicted molar refractivity (Wildman–Crippen MR) is 89.2 cm³/mol. The molecule has 0 bridgehead atoms. The van der Waals surface area contributed by atoms with Crippen molar-refractivity contribution in [2.45, 2.75) is 42.9 Å². The molecule has 0 amide bonds. The summed E-state index contributed by atoms with van der Waals surface area (Å²) in [6, 6.07) is 5.44. The summed E-state index contributed by atoms with van der Waals surface area (Å²) in [5, 5.41) is 3.07. The van der Waals surface area contributed by atoms with E-state index in [0.29, 0.717) is 18.0 Å². The van der Waals surface area contributed by atoms with Crippen molar-refractivity contribution in [1.82, 2.24) is 10.0 Å². The number of benzene rings is 1. The largest absolute Gasteiger partial charge is 0.316 e. The third-order valence-corrected chi connectivity index (χ3v) is 7.07. The van der Waals surface area contributed by atoms with Crippen molar-refractivity contribution in [3.05, 3.63) is 29.3 Å². The molecule has 1 atom stereocenters. The van der Waals surface area contributed by atoms with E-state index in [0.717, 1.165) is 23.3 Å². The average molecular weight is 329 g/mol. The lowest BCUT2D eigenvalue weighted by molar-refractivity contribution is 0.552. The van der Waals surface area contributed by atoms with Gasteiger partial charge in [0.25, 0.3) is 0 Å². The lowest BCUT2D eigenvalue weighted by Gasteiger charge is -2.23. The van der Waals surface area contributed by atoms with E-state index in [4.69, 9.17) is 0 Å². The Labute approximate surface area is 132 Å². The second-order valence-corrected chi connectivity index (χ2v) is 9.21. The van der Waals surface area contributed by atoms with Crippen LogP contribution in [0.3, 0.4) is 0 Å². The van der Waals surface area contributed by atoms with Gasteiger partial charge in [-0.3, -0.25) is 0 Å². The van der Waals surface area contributed by atoms with E-state index in [1.165, 1.54) is 6.42 Å². The molecule has 6 heteroatoms. The number of thioether (sulfide) groups is 1. The van der Waals surface area contributed by atoms with Crippen LogP contribution in [-0.4, -0.2) is 32.5 Å². The maximum absolute atomic E-state index is 12.6. The van der Waals surface area contributed by atoms with Crippen LogP contribution in [0.4, 0.5) is 0 Å². The van der Waals surface area contributed by atoms with Gasteiger partial charge >= 0.3 is 0 Å². The molecule has 4 nitrogen and oxygen atoms in total. The summed E-state index contributed by atoms with van der Waals surface area (Å²) >= 11 is 1.86. The van der Waals surface area contributed by atoms with Crippen LogP contribution >= 0.6 is 11.8 Å². The van der Waals surface area contributed by atoms with Gasteiger partial charge in [0, 0.05) is 17.8 Å². The molecular weight excluding hydrogens is 304 g/mol. The maximum Gasteiger partial charge on any atom is 0.240 e. The molecule has 0 spiro atoms. The molecule has 0 radical (unpaired) electrons. The minimum absolute atomic E-state index is 0.0313. The van der Waals surface area contributed by atoms with Crippen molar-refractivity contribution < 1.29 is 8.42 Å². The van der Waals surface area contributed by atoms with Crippen molar-refractivity contribution in [1.29, 1.82) is 0 Å². The topological polar surface area (TPSA) is 58.2 Å². The minimum atomic E-state index is -3.45. The van der Waals surface area contributed by atoms with Gasteiger partial charge in [-0.15, -0.1) is 0 Å². The normalized spacial score (nSPS) is 22.6. The molecule has 21 heavy (non-hydrogen) atoms. The highest BCUT2D eigenvalue weighted by Crippen LogP contribution is 2.37. The zero-order valence-electron chi connectivity index (χ0n) is 12.9. The summed E-state index contributed by atoms with van der Waals surface area (Å²) in [7, 11) is -1.59. The van der Waals surface area contributed by atoms with Crippen LogP contribution in [0.5, 0.6) is 0 Å². The van der Waals surface area contributed by atoms with Crippen LogP contribution < -0.4 is 10.0 Å². The molecule has 1 fully saturated rings. The van der Waals surface area contributed by atoms with E-state index in [2.05, 4.69) is 17.0 Å². The predicted octanol–water partition coefficient (Wildman–Crippen LogP) is 2.28. The van der Waals surface area contributed by atoms with E-state index in [9.17, 15) is 8.42 Å². The van der Waals surface area contributed by atoms with Gasteiger partial charge in [-0.2, -0.15) is 11.8 Å². The first-order chi connectivity index (χ1) is 9.88. The quantitative estimate of drug-likeness (QED) is 0.841. The monoisotopic (exact) mass is 328 g/mol. The summed E-state index contributed by atoms with van der Waals surface area (Å²) in [6.07, 6.45) is 2.23. The van der Waals surface area contributed by atoms with Crippen molar-refractivity contribution in [2.75, 3.05) is 19.3 Å².